The molecular weight excluding hydrogens is 278 g/mol. The van der Waals surface area contributed by atoms with Gasteiger partial charge in [0, 0.05) is 0 Å². The number of carbonyl (C=O) groups excluding carboxylic acids is 2. The maximum atomic E-state index is 11.6. The minimum Gasteiger partial charge on any atom is -0.465 e. The minimum absolute atomic E-state index is 0.0371. The third-order valence-corrected chi connectivity index (χ3v) is 2.49. The van der Waals surface area contributed by atoms with Gasteiger partial charge in [0.05, 0.1) is 25.5 Å². The summed E-state index contributed by atoms with van der Waals surface area (Å²) in [5, 5.41) is 15.4. The second-order valence-electron chi connectivity index (χ2n) is 3.79. The largest absolute Gasteiger partial charge is 0.465 e. The Hall–Kier alpha value is -2.90. The molecule has 112 valence electrons. The quantitative estimate of drug-likeness (QED) is 0.366. The number of oxime groups is 1. The SMILES string of the molecule is COC(=O)C(=N\Nc1ccccc1C(=O)OC)/C(C)=N\O. The number of hydrogen-bond acceptors (Lipinski definition) is 8. The van der Waals surface area contributed by atoms with Crippen molar-refractivity contribution in [3.8, 4) is 0 Å². The molecule has 0 amide bonds. The Morgan fingerprint density at radius 1 is 1.19 bits per heavy atom. The molecule has 0 spiro atoms. The van der Waals surface area contributed by atoms with Gasteiger partial charge in [0.1, 0.15) is 5.71 Å². The lowest BCUT2D eigenvalue weighted by atomic mass is 10.2. The monoisotopic (exact) mass is 293 g/mol. The van der Waals surface area contributed by atoms with Crippen LogP contribution in [0.2, 0.25) is 0 Å². The molecule has 2 N–H and O–H groups in total. The number of nitrogens with one attached hydrogen (secondary N) is 1. The summed E-state index contributed by atoms with van der Waals surface area (Å²) in [6.45, 7) is 1.38. The minimum atomic E-state index is -0.784. The van der Waals surface area contributed by atoms with Gasteiger partial charge in [-0.15, -0.1) is 0 Å². The molecule has 8 heteroatoms. The van der Waals surface area contributed by atoms with Crippen molar-refractivity contribution in [2.75, 3.05) is 19.6 Å². The highest BCUT2D eigenvalue weighted by Crippen LogP contribution is 2.16. The lowest BCUT2D eigenvalue weighted by Crippen LogP contribution is -2.25. The van der Waals surface area contributed by atoms with Gasteiger partial charge in [-0.05, 0) is 19.1 Å². The summed E-state index contributed by atoms with van der Waals surface area (Å²) in [6.07, 6.45) is 0. The van der Waals surface area contributed by atoms with Crippen LogP contribution >= 0.6 is 0 Å². The van der Waals surface area contributed by atoms with Crippen LogP contribution in [0.1, 0.15) is 17.3 Å². The topological polar surface area (TPSA) is 110 Å². The zero-order chi connectivity index (χ0) is 15.8. The van der Waals surface area contributed by atoms with Crippen molar-refractivity contribution in [3.63, 3.8) is 0 Å². The van der Waals surface area contributed by atoms with Crippen LogP contribution in [0.5, 0.6) is 0 Å². The number of methoxy groups -OCH3 is 2. The van der Waals surface area contributed by atoms with Crippen LogP contribution in [0.4, 0.5) is 5.69 Å². The van der Waals surface area contributed by atoms with Crippen LogP contribution in [0.15, 0.2) is 34.5 Å². The van der Waals surface area contributed by atoms with Crippen molar-refractivity contribution in [3.05, 3.63) is 29.8 Å². The van der Waals surface area contributed by atoms with Gasteiger partial charge in [0.25, 0.3) is 0 Å². The Kier molecular flexibility index (Phi) is 5.87. The summed E-state index contributed by atoms with van der Waals surface area (Å²) in [6, 6.07) is 6.45. The van der Waals surface area contributed by atoms with E-state index in [9.17, 15) is 9.59 Å². The smallest absolute Gasteiger partial charge is 0.360 e. The number of benzene rings is 1. The van der Waals surface area contributed by atoms with Crippen molar-refractivity contribution >= 4 is 29.0 Å². The first-order valence-electron chi connectivity index (χ1n) is 5.83. The average molecular weight is 293 g/mol. The molecule has 0 bridgehead atoms. The highest BCUT2D eigenvalue weighted by atomic mass is 16.5. The molecule has 21 heavy (non-hydrogen) atoms. The maximum absolute atomic E-state index is 11.6. The number of nitrogens with zero attached hydrogens (tertiary/aromatic N) is 2. The van der Waals surface area contributed by atoms with E-state index in [0.29, 0.717) is 5.69 Å². The molecule has 0 saturated carbocycles. The maximum Gasteiger partial charge on any atom is 0.360 e. The zero-order valence-electron chi connectivity index (χ0n) is 11.8. The van der Waals surface area contributed by atoms with Gasteiger partial charge >= 0.3 is 11.9 Å². The molecule has 0 unspecified atom stereocenters. The van der Waals surface area contributed by atoms with Gasteiger partial charge in [0.15, 0.2) is 5.71 Å². The number of para-hydroxylation sites is 1. The summed E-state index contributed by atoms with van der Waals surface area (Å²) in [4.78, 5) is 23.1. The van der Waals surface area contributed by atoms with E-state index in [0.717, 1.165) is 0 Å². The van der Waals surface area contributed by atoms with Crippen LogP contribution in [0, 0.1) is 0 Å². The lowest BCUT2D eigenvalue weighted by Gasteiger charge is -2.08. The Labute approximate surface area is 121 Å². The Morgan fingerprint density at radius 2 is 1.86 bits per heavy atom. The van der Waals surface area contributed by atoms with Crippen molar-refractivity contribution in [2.24, 2.45) is 10.3 Å². The van der Waals surface area contributed by atoms with Gasteiger partial charge in [-0.3, -0.25) is 5.43 Å². The van der Waals surface area contributed by atoms with Crippen molar-refractivity contribution in [1.29, 1.82) is 0 Å². The number of hydrazone groups is 1. The predicted octanol–water partition coefficient (Wildman–Crippen LogP) is 1.26. The van der Waals surface area contributed by atoms with Crippen molar-refractivity contribution < 1.29 is 24.3 Å². The molecule has 1 aromatic carbocycles. The van der Waals surface area contributed by atoms with E-state index in [2.05, 4.69) is 25.2 Å². The molecule has 0 atom stereocenters. The molecule has 1 rings (SSSR count). The highest BCUT2D eigenvalue weighted by molar-refractivity contribution is 6.65. The lowest BCUT2D eigenvalue weighted by molar-refractivity contribution is -0.132. The summed E-state index contributed by atoms with van der Waals surface area (Å²) in [5.41, 5.74) is 2.87. The average Bonchev–Trinajstić information content (AvgIpc) is 2.53. The van der Waals surface area contributed by atoms with Crippen LogP contribution in [-0.2, 0) is 14.3 Å². The summed E-state index contributed by atoms with van der Waals surface area (Å²) in [5.74, 6) is -1.34. The van der Waals surface area contributed by atoms with Gasteiger partial charge in [-0.25, -0.2) is 9.59 Å². The number of hydrogen-bond donors (Lipinski definition) is 2. The number of rotatable bonds is 5. The van der Waals surface area contributed by atoms with E-state index in [4.69, 9.17) is 5.21 Å². The van der Waals surface area contributed by atoms with Gasteiger partial charge in [-0.1, -0.05) is 17.3 Å². The molecule has 0 radical (unpaired) electrons. The van der Waals surface area contributed by atoms with E-state index >= 15 is 0 Å². The fourth-order valence-electron chi connectivity index (χ4n) is 1.40. The number of ether oxygens (including phenoxy) is 2. The molecular formula is C13H15N3O5. The molecule has 0 aliphatic heterocycles. The fourth-order valence-corrected chi connectivity index (χ4v) is 1.40. The van der Waals surface area contributed by atoms with E-state index in [1.54, 1.807) is 18.2 Å². The van der Waals surface area contributed by atoms with E-state index in [1.165, 1.54) is 27.2 Å². The van der Waals surface area contributed by atoms with E-state index < -0.39 is 11.9 Å². The van der Waals surface area contributed by atoms with Gasteiger partial charge in [-0.2, -0.15) is 5.10 Å². The fraction of sp³-hybridized carbons (Fsp3) is 0.231. The number of anilines is 1. The van der Waals surface area contributed by atoms with Gasteiger partial charge in [0.2, 0.25) is 0 Å². The second-order valence-corrected chi connectivity index (χ2v) is 3.79. The van der Waals surface area contributed by atoms with Crippen LogP contribution in [-0.4, -0.2) is 42.8 Å². The molecule has 0 aliphatic rings. The highest BCUT2D eigenvalue weighted by Gasteiger charge is 2.17. The van der Waals surface area contributed by atoms with E-state index in [1.807, 2.05) is 0 Å². The predicted molar refractivity (Wildman–Crippen MR) is 75.8 cm³/mol. The molecule has 0 heterocycles. The normalized spacial score (nSPS) is 11.8. The Bertz CT molecular complexity index is 595. The van der Waals surface area contributed by atoms with Crippen LogP contribution in [0.3, 0.4) is 0 Å². The van der Waals surface area contributed by atoms with E-state index in [-0.39, 0.29) is 17.0 Å². The Morgan fingerprint density at radius 3 is 2.43 bits per heavy atom. The zero-order valence-corrected chi connectivity index (χ0v) is 11.8. The first-order valence-corrected chi connectivity index (χ1v) is 5.83. The third-order valence-electron chi connectivity index (χ3n) is 2.49. The third kappa shape index (κ3) is 4.03. The number of esters is 2. The standard InChI is InChI=1S/C13H15N3O5/c1-8(16-19)11(13(18)21-3)15-14-10-7-5-4-6-9(10)12(17)20-2/h4-7,14,19H,1-3H3/b15-11-,16-8-. The molecule has 1 aromatic rings. The first-order chi connectivity index (χ1) is 10.0. The van der Waals surface area contributed by atoms with Crippen molar-refractivity contribution in [1.82, 2.24) is 0 Å². The number of carbonyl (C=O) groups is 2. The molecule has 8 nitrogen and oxygen atoms in total. The molecule has 0 saturated heterocycles. The first kappa shape index (κ1) is 16.2. The second kappa shape index (κ2) is 7.63. The molecule has 0 aromatic heterocycles. The van der Waals surface area contributed by atoms with Gasteiger partial charge < -0.3 is 14.7 Å². The summed E-state index contributed by atoms with van der Waals surface area (Å²) in [7, 11) is 2.43. The van der Waals surface area contributed by atoms with Crippen LogP contribution < -0.4 is 5.43 Å². The summed E-state index contributed by atoms with van der Waals surface area (Å²) >= 11 is 0. The molecule has 0 aliphatic carbocycles. The Balaban J connectivity index is 3.12. The molecule has 0 fully saturated rings. The van der Waals surface area contributed by atoms with Crippen LogP contribution in [0.25, 0.3) is 0 Å². The van der Waals surface area contributed by atoms with Crippen molar-refractivity contribution in [2.45, 2.75) is 6.92 Å². The summed E-state index contributed by atoms with van der Waals surface area (Å²) < 4.78 is 9.17.